The predicted molar refractivity (Wildman–Crippen MR) is 77.7 cm³/mol. The fraction of sp³-hybridized carbons (Fsp3) is 0.438. The van der Waals surface area contributed by atoms with E-state index in [1.165, 1.54) is 0 Å². The van der Waals surface area contributed by atoms with Crippen LogP contribution in [0.5, 0.6) is 0 Å². The Morgan fingerprint density at radius 1 is 1.35 bits per heavy atom. The quantitative estimate of drug-likeness (QED) is 0.912. The number of aliphatic hydroxyl groups is 1. The molecule has 0 saturated carbocycles. The minimum Gasteiger partial charge on any atom is -0.388 e. The molecule has 2 aromatic rings. The molecule has 1 unspecified atom stereocenters. The van der Waals surface area contributed by atoms with Crippen LogP contribution in [-0.2, 0) is 6.54 Å². The van der Waals surface area contributed by atoms with E-state index in [0.29, 0.717) is 0 Å². The van der Waals surface area contributed by atoms with Crippen LogP contribution in [0.1, 0.15) is 41.5 Å². The molecule has 106 valence electrons. The van der Waals surface area contributed by atoms with Crippen LogP contribution >= 0.6 is 0 Å². The molecule has 0 fully saturated rings. The first-order valence-corrected chi connectivity index (χ1v) is 7.10. The van der Waals surface area contributed by atoms with Gasteiger partial charge in [-0.1, -0.05) is 23.4 Å². The number of aryl methyl sites for hydroxylation is 2. The number of para-hydroxylation sites is 1. The van der Waals surface area contributed by atoms with Crippen molar-refractivity contribution in [1.29, 1.82) is 0 Å². The fourth-order valence-corrected chi connectivity index (χ4v) is 2.89. The van der Waals surface area contributed by atoms with Gasteiger partial charge in [-0.2, -0.15) is 0 Å². The highest BCUT2D eigenvalue weighted by Gasteiger charge is 2.22. The summed E-state index contributed by atoms with van der Waals surface area (Å²) in [6.07, 6.45) is 1.44. The summed E-state index contributed by atoms with van der Waals surface area (Å²) in [6.45, 7) is 5.65. The second-order valence-electron chi connectivity index (χ2n) is 5.44. The highest BCUT2D eigenvalue weighted by molar-refractivity contribution is 5.56. The van der Waals surface area contributed by atoms with Gasteiger partial charge in [0.1, 0.15) is 5.76 Å². The van der Waals surface area contributed by atoms with Crippen molar-refractivity contribution in [2.24, 2.45) is 0 Å². The molecular weight excluding hydrogens is 252 g/mol. The topological polar surface area (TPSA) is 49.5 Å². The lowest BCUT2D eigenvalue weighted by atomic mass is 10.0. The molecule has 3 rings (SSSR count). The Labute approximate surface area is 119 Å². The molecule has 1 aromatic carbocycles. The molecule has 1 aliphatic heterocycles. The molecular formula is C16H20N2O2. The van der Waals surface area contributed by atoms with E-state index in [2.05, 4.69) is 16.1 Å². The second-order valence-corrected chi connectivity index (χ2v) is 5.44. The van der Waals surface area contributed by atoms with E-state index in [0.717, 1.165) is 54.2 Å². The summed E-state index contributed by atoms with van der Waals surface area (Å²) in [5.74, 6) is 0.879. The maximum atomic E-state index is 10.2. The van der Waals surface area contributed by atoms with Crippen LogP contribution in [0.4, 0.5) is 5.69 Å². The van der Waals surface area contributed by atoms with Crippen LogP contribution in [0.2, 0.25) is 0 Å². The molecule has 0 radical (unpaired) electrons. The Bertz CT molecular complexity index is 587. The van der Waals surface area contributed by atoms with Crippen LogP contribution in [0.15, 0.2) is 28.8 Å². The van der Waals surface area contributed by atoms with Crippen molar-refractivity contribution in [2.45, 2.75) is 39.3 Å². The summed E-state index contributed by atoms with van der Waals surface area (Å²) >= 11 is 0. The molecule has 0 bridgehead atoms. The van der Waals surface area contributed by atoms with Crippen molar-refractivity contribution in [2.75, 3.05) is 11.4 Å². The third-order valence-corrected chi connectivity index (χ3v) is 4.07. The Morgan fingerprint density at radius 3 is 2.90 bits per heavy atom. The number of benzene rings is 1. The number of hydrogen-bond acceptors (Lipinski definition) is 4. The van der Waals surface area contributed by atoms with Crippen LogP contribution in [0.25, 0.3) is 0 Å². The zero-order valence-electron chi connectivity index (χ0n) is 12.0. The number of rotatable bonds is 2. The predicted octanol–water partition coefficient (Wildman–Crippen LogP) is 3.13. The van der Waals surface area contributed by atoms with Crippen molar-refractivity contribution in [1.82, 2.24) is 5.16 Å². The van der Waals surface area contributed by atoms with E-state index in [1.807, 2.05) is 32.0 Å². The summed E-state index contributed by atoms with van der Waals surface area (Å²) in [4.78, 5) is 2.32. The molecule has 0 saturated heterocycles. The van der Waals surface area contributed by atoms with Crippen LogP contribution < -0.4 is 4.90 Å². The normalized spacial score (nSPS) is 18.8. The average Bonchev–Trinajstić information content (AvgIpc) is 2.68. The van der Waals surface area contributed by atoms with Gasteiger partial charge >= 0.3 is 0 Å². The molecule has 0 amide bonds. The summed E-state index contributed by atoms with van der Waals surface area (Å²) in [7, 11) is 0. The number of hydrogen-bond donors (Lipinski definition) is 1. The standard InChI is InChI=1S/C16H20N2O2/c1-11-14(12(2)20-17-11)10-18-9-5-8-16(19)13-6-3-4-7-15(13)18/h3-4,6-7,16,19H,5,8-10H2,1-2H3. The van der Waals surface area contributed by atoms with Gasteiger partial charge in [-0.05, 0) is 32.8 Å². The first-order valence-electron chi connectivity index (χ1n) is 7.10. The maximum Gasteiger partial charge on any atom is 0.138 e. The lowest BCUT2D eigenvalue weighted by molar-refractivity contribution is 0.168. The number of anilines is 1. The second kappa shape index (κ2) is 5.29. The summed E-state index contributed by atoms with van der Waals surface area (Å²) in [5, 5.41) is 14.3. The van der Waals surface area contributed by atoms with Crippen LogP contribution in [0.3, 0.4) is 0 Å². The van der Waals surface area contributed by atoms with Crippen molar-refractivity contribution in [3.8, 4) is 0 Å². The van der Waals surface area contributed by atoms with Crippen molar-refractivity contribution < 1.29 is 9.63 Å². The monoisotopic (exact) mass is 272 g/mol. The Hall–Kier alpha value is -1.81. The molecule has 4 nitrogen and oxygen atoms in total. The highest BCUT2D eigenvalue weighted by Crippen LogP contribution is 2.33. The minimum atomic E-state index is -0.360. The van der Waals surface area contributed by atoms with Gasteiger partial charge in [0.15, 0.2) is 0 Å². The molecule has 0 aliphatic carbocycles. The molecule has 1 atom stereocenters. The molecule has 20 heavy (non-hydrogen) atoms. The SMILES string of the molecule is Cc1noc(C)c1CN1CCCC(O)c2ccccc21. The maximum absolute atomic E-state index is 10.2. The van der Waals surface area contributed by atoms with E-state index in [4.69, 9.17) is 4.52 Å². The van der Waals surface area contributed by atoms with E-state index >= 15 is 0 Å². The van der Waals surface area contributed by atoms with Gasteiger partial charge in [0.2, 0.25) is 0 Å². The first-order chi connectivity index (χ1) is 9.66. The molecule has 2 heterocycles. The lowest BCUT2D eigenvalue weighted by Gasteiger charge is -2.25. The summed E-state index contributed by atoms with van der Waals surface area (Å²) in [6, 6.07) is 8.12. The highest BCUT2D eigenvalue weighted by atomic mass is 16.5. The largest absolute Gasteiger partial charge is 0.388 e. The fourth-order valence-electron chi connectivity index (χ4n) is 2.89. The van der Waals surface area contributed by atoms with Gasteiger partial charge in [0, 0.05) is 29.9 Å². The smallest absolute Gasteiger partial charge is 0.138 e. The van der Waals surface area contributed by atoms with Crippen molar-refractivity contribution >= 4 is 5.69 Å². The van der Waals surface area contributed by atoms with Gasteiger partial charge in [0.05, 0.1) is 11.8 Å². The van der Waals surface area contributed by atoms with Crippen LogP contribution in [0, 0.1) is 13.8 Å². The number of nitrogens with zero attached hydrogens (tertiary/aromatic N) is 2. The molecule has 1 N–H and O–H groups in total. The van der Waals surface area contributed by atoms with Gasteiger partial charge < -0.3 is 14.5 Å². The zero-order valence-corrected chi connectivity index (χ0v) is 12.0. The van der Waals surface area contributed by atoms with E-state index < -0.39 is 0 Å². The van der Waals surface area contributed by atoms with Gasteiger partial charge in [-0.3, -0.25) is 0 Å². The van der Waals surface area contributed by atoms with E-state index in [1.54, 1.807) is 0 Å². The summed E-state index contributed by atoms with van der Waals surface area (Å²) < 4.78 is 5.25. The summed E-state index contributed by atoms with van der Waals surface area (Å²) in [5.41, 5.74) is 4.25. The molecule has 0 spiro atoms. The zero-order chi connectivity index (χ0) is 14.1. The van der Waals surface area contributed by atoms with Crippen LogP contribution in [-0.4, -0.2) is 16.8 Å². The van der Waals surface area contributed by atoms with Crippen molar-refractivity contribution in [3.63, 3.8) is 0 Å². The number of fused-ring (bicyclic) bond motifs is 1. The van der Waals surface area contributed by atoms with Crippen molar-refractivity contribution in [3.05, 3.63) is 46.8 Å². The average molecular weight is 272 g/mol. The molecule has 1 aliphatic rings. The van der Waals surface area contributed by atoms with Gasteiger partial charge in [-0.15, -0.1) is 0 Å². The molecule has 4 heteroatoms. The number of aromatic nitrogens is 1. The third-order valence-electron chi connectivity index (χ3n) is 4.07. The van der Waals surface area contributed by atoms with Gasteiger partial charge in [-0.25, -0.2) is 0 Å². The molecule has 1 aromatic heterocycles. The minimum absolute atomic E-state index is 0.360. The Balaban J connectivity index is 1.95. The Morgan fingerprint density at radius 2 is 2.15 bits per heavy atom. The van der Waals surface area contributed by atoms with E-state index in [-0.39, 0.29) is 6.10 Å². The lowest BCUT2D eigenvalue weighted by Crippen LogP contribution is -2.24. The third kappa shape index (κ3) is 2.31. The van der Waals surface area contributed by atoms with E-state index in [9.17, 15) is 5.11 Å². The number of aliphatic hydroxyl groups excluding tert-OH is 1. The first kappa shape index (κ1) is 13.2. The Kier molecular flexibility index (Phi) is 3.49. The van der Waals surface area contributed by atoms with Gasteiger partial charge in [0.25, 0.3) is 0 Å².